The zero-order chi connectivity index (χ0) is 41.1. The maximum Gasteiger partial charge on any atom is 0.472 e. The molecular weight excluding hydrogens is 727 g/mol. The van der Waals surface area contributed by atoms with Gasteiger partial charge >= 0.3 is 13.8 Å². The summed E-state index contributed by atoms with van der Waals surface area (Å²) in [7, 11) is -4.52. The topological polar surface area (TPSA) is 132 Å². The smallest absolute Gasteiger partial charge is 0.457 e. The number of hydrogen-bond donors (Lipinski definition) is 3. The van der Waals surface area contributed by atoms with Crippen molar-refractivity contribution >= 4 is 13.8 Å². The van der Waals surface area contributed by atoms with Crippen molar-refractivity contribution in [1.29, 1.82) is 0 Å². The summed E-state index contributed by atoms with van der Waals surface area (Å²) in [6.07, 6.45) is 48.9. The van der Waals surface area contributed by atoms with Gasteiger partial charge in [-0.15, -0.1) is 0 Å². The largest absolute Gasteiger partial charge is 0.472 e. The van der Waals surface area contributed by atoms with E-state index in [1.54, 1.807) is 0 Å². The van der Waals surface area contributed by atoms with E-state index in [0.717, 1.165) is 83.5 Å². The van der Waals surface area contributed by atoms with E-state index in [1.807, 2.05) is 0 Å². The molecule has 3 atom stereocenters. The Bertz CT molecular complexity index is 1060. The summed E-state index contributed by atoms with van der Waals surface area (Å²) in [6, 6.07) is 0. The second-order valence-electron chi connectivity index (χ2n) is 14.7. The molecule has 0 aromatic rings. The number of aliphatic hydroxyl groups excluding tert-OH is 2. The fourth-order valence-electron chi connectivity index (χ4n) is 5.80. The van der Waals surface area contributed by atoms with Crippen LogP contribution in [0.4, 0.5) is 0 Å². The monoisotopic (exact) mass is 811 g/mol. The van der Waals surface area contributed by atoms with Crippen molar-refractivity contribution < 1.29 is 43.0 Å². The first-order valence-corrected chi connectivity index (χ1v) is 23.8. The summed E-state index contributed by atoms with van der Waals surface area (Å²) in [5, 5.41) is 18.3. The average molecular weight is 811 g/mol. The van der Waals surface area contributed by atoms with Crippen LogP contribution >= 0.6 is 7.82 Å². The van der Waals surface area contributed by atoms with Gasteiger partial charge in [-0.2, -0.15) is 0 Å². The zero-order valence-corrected chi connectivity index (χ0v) is 36.5. The van der Waals surface area contributed by atoms with Crippen LogP contribution in [0.25, 0.3) is 0 Å². The first-order valence-electron chi connectivity index (χ1n) is 22.3. The third kappa shape index (κ3) is 41.8. The molecule has 0 heterocycles. The van der Waals surface area contributed by atoms with Crippen LogP contribution in [0.15, 0.2) is 60.8 Å². The van der Waals surface area contributed by atoms with E-state index in [0.29, 0.717) is 6.61 Å². The fourth-order valence-corrected chi connectivity index (χ4v) is 6.59. The lowest BCUT2D eigenvalue weighted by atomic mass is 10.0. The SMILES string of the molecule is CC/C=C\C/C=C\C/C=C\C/C=C\CCCCCCCCCCCCC(=O)OC(COCCCCCCCC/C=C\CCCC)COP(=O)(O)OCC(O)CO. The van der Waals surface area contributed by atoms with Crippen LogP contribution in [0.1, 0.15) is 181 Å². The van der Waals surface area contributed by atoms with Crippen molar-refractivity contribution in [3.63, 3.8) is 0 Å². The third-order valence-corrected chi connectivity index (χ3v) is 10.1. The van der Waals surface area contributed by atoms with E-state index in [9.17, 15) is 19.4 Å². The van der Waals surface area contributed by atoms with Crippen LogP contribution < -0.4 is 0 Å². The van der Waals surface area contributed by atoms with E-state index in [4.69, 9.17) is 23.6 Å². The molecule has 0 aliphatic heterocycles. The molecule has 10 heteroatoms. The van der Waals surface area contributed by atoms with Gasteiger partial charge in [0.1, 0.15) is 12.2 Å². The summed E-state index contributed by atoms with van der Waals surface area (Å²) in [6.45, 7) is 3.35. The van der Waals surface area contributed by atoms with Crippen molar-refractivity contribution in [3.8, 4) is 0 Å². The van der Waals surface area contributed by atoms with E-state index >= 15 is 0 Å². The quantitative estimate of drug-likeness (QED) is 0.0239. The summed E-state index contributed by atoms with van der Waals surface area (Å²) in [5.74, 6) is -0.392. The molecule has 0 saturated carbocycles. The lowest BCUT2D eigenvalue weighted by Crippen LogP contribution is -2.29. The Kier molecular flexibility index (Phi) is 41.4. The van der Waals surface area contributed by atoms with E-state index < -0.39 is 39.2 Å². The van der Waals surface area contributed by atoms with Crippen LogP contribution in [0, 0.1) is 0 Å². The molecule has 326 valence electrons. The number of esters is 1. The third-order valence-electron chi connectivity index (χ3n) is 9.19. The van der Waals surface area contributed by atoms with Crippen molar-refractivity contribution in [1.82, 2.24) is 0 Å². The lowest BCUT2D eigenvalue weighted by Gasteiger charge is -2.20. The van der Waals surface area contributed by atoms with Gasteiger partial charge in [0.05, 0.1) is 26.4 Å². The molecule has 3 unspecified atom stereocenters. The Morgan fingerprint density at radius 2 is 1.02 bits per heavy atom. The van der Waals surface area contributed by atoms with Crippen molar-refractivity contribution in [2.45, 2.75) is 193 Å². The molecule has 0 bridgehead atoms. The van der Waals surface area contributed by atoms with Gasteiger partial charge in [-0.25, -0.2) is 4.57 Å². The molecule has 3 N–H and O–H groups in total. The van der Waals surface area contributed by atoms with Gasteiger partial charge < -0.3 is 24.6 Å². The van der Waals surface area contributed by atoms with Crippen LogP contribution in [-0.2, 0) is 27.9 Å². The molecular formula is C46H83O9P. The van der Waals surface area contributed by atoms with E-state index in [2.05, 4.69) is 74.6 Å². The number of ether oxygens (including phenoxy) is 2. The van der Waals surface area contributed by atoms with Crippen LogP contribution in [0.2, 0.25) is 0 Å². The van der Waals surface area contributed by atoms with Gasteiger partial charge in [-0.3, -0.25) is 13.8 Å². The second-order valence-corrected chi connectivity index (χ2v) is 16.1. The highest BCUT2D eigenvalue weighted by Gasteiger charge is 2.26. The van der Waals surface area contributed by atoms with Crippen molar-refractivity contribution in [3.05, 3.63) is 60.8 Å². The Labute approximate surface area is 342 Å². The van der Waals surface area contributed by atoms with Crippen molar-refractivity contribution in [2.75, 3.05) is 33.0 Å². The molecule has 0 radical (unpaired) electrons. The highest BCUT2D eigenvalue weighted by Crippen LogP contribution is 2.43. The molecule has 0 aromatic carbocycles. The Morgan fingerprint density at radius 3 is 1.55 bits per heavy atom. The summed E-state index contributed by atoms with van der Waals surface area (Å²) in [4.78, 5) is 22.6. The maximum atomic E-state index is 12.6. The summed E-state index contributed by atoms with van der Waals surface area (Å²) < 4.78 is 33.3. The number of unbranched alkanes of at least 4 members (excludes halogenated alkanes) is 18. The van der Waals surface area contributed by atoms with Gasteiger partial charge in [0.15, 0.2) is 0 Å². The number of phosphoric ester groups is 1. The predicted molar refractivity (Wildman–Crippen MR) is 233 cm³/mol. The van der Waals surface area contributed by atoms with Gasteiger partial charge in [-0.05, 0) is 70.6 Å². The number of phosphoric acid groups is 1. The normalized spacial score (nSPS) is 14.6. The predicted octanol–water partition coefficient (Wildman–Crippen LogP) is 12.4. The lowest BCUT2D eigenvalue weighted by molar-refractivity contribution is -0.154. The van der Waals surface area contributed by atoms with Crippen molar-refractivity contribution in [2.24, 2.45) is 0 Å². The molecule has 0 fully saturated rings. The van der Waals surface area contributed by atoms with Gasteiger partial charge in [0.25, 0.3) is 0 Å². The number of carbonyl (C=O) groups excluding carboxylic acids is 1. The maximum absolute atomic E-state index is 12.6. The molecule has 0 rings (SSSR count). The molecule has 0 spiro atoms. The number of aliphatic hydroxyl groups is 2. The average Bonchev–Trinajstić information content (AvgIpc) is 3.19. The van der Waals surface area contributed by atoms with E-state index in [-0.39, 0.29) is 19.6 Å². The molecule has 0 aliphatic carbocycles. The minimum absolute atomic E-state index is 0.0415. The first kappa shape index (κ1) is 54.2. The minimum atomic E-state index is -4.52. The van der Waals surface area contributed by atoms with E-state index in [1.165, 1.54) is 77.0 Å². The molecule has 0 amide bonds. The first-order chi connectivity index (χ1) is 27.3. The second kappa shape index (κ2) is 42.8. The summed E-state index contributed by atoms with van der Waals surface area (Å²) >= 11 is 0. The number of carbonyl (C=O) groups is 1. The molecule has 0 saturated heterocycles. The highest BCUT2D eigenvalue weighted by atomic mass is 31.2. The molecule has 9 nitrogen and oxygen atoms in total. The Balaban J connectivity index is 4.11. The molecule has 0 aliphatic rings. The van der Waals surface area contributed by atoms with Gasteiger partial charge in [-0.1, -0.05) is 164 Å². The Morgan fingerprint density at radius 1 is 0.571 bits per heavy atom. The molecule has 0 aromatic heterocycles. The minimum Gasteiger partial charge on any atom is -0.457 e. The summed E-state index contributed by atoms with van der Waals surface area (Å²) in [5.41, 5.74) is 0. The fraction of sp³-hybridized carbons (Fsp3) is 0.761. The number of rotatable bonds is 42. The van der Waals surface area contributed by atoms with Gasteiger partial charge in [0, 0.05) is 13.0 Å². The van der Waals surface area contributed by atoms with Crippen LogP contribution in [0.5, 0.6) is 0 Å². The number of hydrogen-bond acceptors (Lipinski definition) is 8. The number of allylic oxidation sites excluding steroid dienone is 10. The van der Waals surface area contributed by atoms with Crippen LogP contribution in [-0.4, -0.2) is 66.3 Å². The standard InChI is InChI=1S/C46H83O9P/c1-3-5-7-9-11-13-15-17-18-19-20-21-22-23-24-25-26-27-28-30-32-34-36-38-46(49)55-45(43-54-56(50,51)53-41-44(48)40-47)42-52-39-37-35-33-31-29-16-14-12-10-8-6-4-2/h5,7,10-13,17-18,20-21,44-45,47-48H,3-4,6,8-9,14-16,19,22-43H2,1-2H3,(H,50,51)/b7-5-,12-10-,13-11-,18-17-,21-20-. The van der Waals surface area contributed by atoms with Gasteiger partial charge in [0.2, 0.25) is 0 Å². The highest BCUT2D eigenvalue weighted by molar-refractivity contribution is 7.47. The Hall–Kier alpha value is -1.84. The van der Waals surface area contributed by atoms with Crippen LogP contribution in [0.3, 0.4) is 0 Å². The zero-order valence-electron chi connectivity index (χ0n) is 35.6. The molecule has 56 heavy (non-hydrogen) atoms.